The van der Waals surface area contributed by atoms with E-state index in [1.807, 2.05) is 30.3 Å². The molecule has 1 N–H and O–H groups in total. The molecule has 0 bridgehead atoms. The fraction of sp³-hybridized carbons (Fsp3) is 0.0833. The highest BCUT2D eigenvalue weighted by atomic mass is 35.5. The Morgan fingerprint density at radius 2 is 1.82 bits per heavy atom. The molecule has 1 aliphatic heterocycles. The van der Waals surface area contributed by atoms with Crippen LogP contribution in [0, 0.1) is 0 Å². The largest absolute Gasteiger partial charge is 0.507 e. The van der Waals surface area contributed by atoms with Gasteiger partial charge in [0, 0.05) is 16.3 Å². The van der Waals surface area contributed by atoms with Crippen LogP contribution in [0.1, 0.15) is 22.9 Å². The standard InChI is InChI=1S/C24H16ClN3O4S2/c25-16-10-8-15(9-11-16)20(29)18-19(17-7-4-12-32-17)28(22(31)21(18)30)23-26-27-24(34-23)33-13-14-5-2-1-3-6-14/h1-12,19,29H,13H2/b20-18-. The fourth-order valence-corrected chi connectivity index (χ4v) is 5.54. The van der Waals surface area contributed by atoms with E-state index in [2.05, 4.69) is 10.2 Å². The maximum atomic E-state index is 13.1. The van der Waals surface area contributed by atoms with Crippen LogP contribution in [0.15, 0.2) is 87.3 Å². The van der Waals surface area contributed by atoms with E-state index in [4.69, 9.17) is 16.0 Å². The van der Waals surface area contributed by atoms with Crippen LogP contribution in [0.3, 0.4) is 0 Å². The fourth-order valence-electron chi connectivity index (χ4n) is 3.59. The number of aliphatic hydroxyl groups is 1. The van der Waals surface area contributed by atoms with Crippen LogP contribution >= 0.6 is 34.7 Å². The van der Waals surface area contributed by atoms with Crippen molar-refractivity contribution in [2.24, 2.45) is 0 Å². The van der Waals surface area contributed by atoms with E-state index in [9.17, 15) is 14.7 Å². The monoisotopic (exact) mass is 509 g/mol. The lowest BCUT2D eigenvalue weighted by molar-refractivity contribution is -0.132. The highest BCUT2D eigenvalue weighted by Gasteiger charge is 2.49. The first-order valence-corrected chi connectivity index (χ1v) is 12.3. The molecule has 0 spiro atoms. The number of amides is 1. The molecule has 1 aliphatic rings. The molecule has 1 unspecified atom stereocenters. The van der Waals surface area contributed by atoms with Crippen molar-refractivity contribution in [3.63, 3.8) is 0 Å². The Labute approximate surface area is 207 Å². The maximum absolute atomic E-state index is 13.1. The molecule has 7 nitrogen and oxygen atoms in total. The Morgan fingerprint density at radius 1 is 1.06 bits per heavy atom. The molecule has 0 radical (unpaired) electrons. The van der Waals surface area contributed by atoms with E-state index < -0.39 is 17.7 Å². The molecule has 0 aliphatic carbocycles. The van der Waals surface area contributed by atoms with Crippen LogP contribution in [0.4, 0.5) is 5.13 Å². The van der Waals surface area contributed by atoms with Gasteiger partial charge in [0.1, 0.15) is 17.6 Å². The van der Waals surface area contributed by atoms with Crippen LogP contribution in [-0.2, 0) is 15.3 Å². The number of halogens is 1. The van der Waals surface area contributed by atoms with Gasteiger partial charge in [0.25, 0.3) is 5.78 Å². The first-order valence-electron chi connectivity index (χ1n) is 10.1. The van der Waals surface area contributed by atoms with Gasteiger partial charge in [0.2, 0.25) is 5.13 Å². The third kappa shape index (κ3) is 4.25. The SMILES string of the molecule is O=C1C(=O)N(c2nnc(SCc3ccccc3)s2)C(c2ccco2)/C1=C(/O)c1ccc(Cl)cc1. The van der Waals surface area contributed by atoms with E-state index in [0.717, 1.165) is 5.56 Å². The highest BCUT2D eigenvalue weighted by molar-refractivity contribution is 8.00. The zero-order chi connectivity index (χ0) is 23.7. The van der Waals surface area contributed by atoms with Crippen molar-refractivity contribution < 1.29 is 19.1 Å². The molecule has 5 rings (SSSR count). The maximum Gasteiger partial charge on any atom is 0.302 e. The molecule has 34 heavy (non-hydrogen) atoms. The topological polar surface area (TPSA) is 96.5 Å². The van der Waals surface area contributed by atoms with E-state index >= 15 is 0 Å². The van der Waals surface area contributed by atoms with E-state index in [1.165, 1.54) is 34.3 Å². The smallest absolute Gasteiger partial charge is 0.302 e. The van der Waals surface area contributed by atoms with Gasteiger partial charge in [-0.1, -0.05) is 65.0 Å². The molecular formula is C24H16ClN3O4S2. The summed E-state index contributed by atoms with van der Waals surface area (Å²) in [5, 5.41) is 20.1. The van der Waals surface area contributed by atoms with Crippen molar-refractivity contribution in [2.45, 2.75) is 16.1 Å². The van der Waals surface area contributed by atoms with Gasteiger partial charge in [-0.3, -0.25) is 14.5 Å². The summed E-state index contributed by atoms with van der Waals surface area (Å²) in [6.45, 7) is 0. The summed E-state index contributed by atoms with van der Waals surface area (Å²) in [4.78, 5) is 27.4. The number of carbonyl (C=O) groups is 2. The number of aliphatic hydroxyl groups excluding tert-OH is 1. The second-order valence-corrected chi connectivity index (χ2v) is 9.93. The Bertz CT molecular complexity index is 1370. The molecule has 1 amide bonds. The van der Waals surface area contributed by atoms with E-state index in [0.29, 0.717) is 26.4 Å². The highest BCUT2D eigenvalue weighted by Crippen LogP contribution is 2.44. The van der Waals surface area contributed by atoms with Crippen molar-refractivity contribution in [3.05, 3.63) is 100 Å². The van der Waals surface area contributed by atoms with Gasteiger partial charge in [-0.2, -0.15) is 0 Å². The van der Waals surface area contributed by atoms with Gasteiger partial charge in [0.15, 0.2) is 4.34 Å². The van der Waals surface area contributed by atoms with Gasteiger partial charge < -0.3 is 9.52 Å². The number of Topliss-reactive ketones (excluding diaryl/α,β-unsaturated/α-hetero) is 1. The number of aromatic nitrogens is 2. The zero-order valence-corrected chi connectivity index (χ0v) is 19.8. The summed E-state index contributed by atoms with van der Waals surface area (Å²) in [6.07, 6.45) is 1.44. The molecule has 10 heteroatoms. The van der Waals surface area contributed by atoms with Crippen molar-refractivity contribution in [1.29, 1.82) is 0 Å². The van der Waals surface area contributed by atoms with Crippen molar-refractivity contribution in [2.75, 3.05) is 4.90 Å². The average Bonchev–Trinajstić information content (AvgIpc) is 3.59. The minimum atomic E-state index is -0.981. The number of hydrogen-bond acceptors (Lipinski definition) is 8. The molecule has 2 aromatic heterocycles. The van der Waals surface area contributed by atoms with Crippen molar-refractivity contribution in [1.82, 2.24) is 10.2 Å². The van der Waals surface area contributed by atoms with Crippen LogP contribution < -0.4 is 4.90 Å². The normalized spacial score (nSPS) is 17.4. The summed E-state index contributed by atoms with van der Waals surface area (Å²) >= 11 is 8.63. The summed E-state index contributed by atoms with van der Waals surface area (Å²) in [5.74, 6) is -0.951. The lowest BCUT2D eigenvalue weighted by Crippen LogP contribution is -2.29. The summed E-state index contributed by atoms with van der Waals surface area (Å²) in [7, 11) is 0. The number of rotatable bonds is 6. The number of ketones is 1. The second-order valence-electron chi connectivity index (χ2n) is 7.32. The molecule has 3 heterocycles. The van der Waals surface area contributed by atoms with Gasteiger partial charge >= 0.3 is 5.91 Å². The zero-order valence-electron chi connectivity index (χ0n) is 17.4. The number of carbonyl (C=O) groups excluding carboxylic acids is 2. The minimum absolute atomic E-state index is 0.0871. The van der Waals surface area contributed by atoms with Crippen LogP contribution in [-0.4, -0.2) is 27.0 Å². The van der Waals surface area contributed by atoms with E-state index in [1.54, 1.807) is 36.4 Å². The first-order chi connectivity index (χ1) is 16.5. The van der Waals surface area contributed by atoms with Crippen molar-refractivity contribution >= 4 is 57.3 Å². The number of nitrogens with zero attached hydrogens (tertiary/aromatic N) is 3. The summed E-state index contributed by atoms with van der Waals surface area (Å²) < 4.78 is 6.20. The first kappa shape index (κ1) is 22.4. The van der Waals surface area contributed by atoms with Gasteiger partial charge in [-0.05, 0) is 42.0 Å². The minimum Gasteiger partial charge on any atom is -0.507 e. The van der Waals surface area contributed by atoms with Crippen molar-refractivity contribution in [3.8, 4) is 0 Å². The molecule has 1 fully saturated rings. The number of benzene rings is 2. The number of furan rings is 1. The van der Waals surface area contributed by atoms with Crippen LogP contribution in [0.5, 0.6) is 0 Å². The molecule has 170 valence electrons. The van der Waals surface area contributed by atoms with Gasteiger partial charge in [-0.15, -0.1) is 10.2 Å². The third-order valence-electron chi connectivity index (χ3n) is 5.18. The quantitative estimate of drug-likeness (QED) is 0.117. The molecule has 4 aromatic rings. The predicted molar refractivity (Wildman–Crippen MR) is 131 cm³/mol. The lowest BCUT2D eigenvalue weighted by atomic mass is 9.99. The molecular weight excluding hydrogens is 494 g/mol. The Balaban J connectivity index is 1.51. The lowest BCUT2D eigenvalue weighted by Gasteiger charge is -2.20. The van der Waals surface area contributed by atoms with Gasteiger partial charge in [0.05, 0.1) is 11.8 Å². The number of hydrogen-bond donors (Lipinski definition) is 1. The second kappa shape index (κ2) is 9.46. The number of thioether (sulfide) groups is 1. The summed E-state index contributed by atoms with van der Waals surface area (Å²) in [6, 6.07) is 18.6. The summed E-state index contributed by atoms with van der Waals surface area (Å²) in [5.41, 5.74) is 1.40. The van der Waals surface area contributed by atoms with E-state index in [-0.39, 0.29) is 16.5 Å². The Hall–Kier alpha value is -3.40. The molecule has 2 aromatic carbocycles. The average molecular weight is 510 g/mol. The molecule has 1 atom stereocenters. The van der Waals surface area contributed by atoms with Gasteiger partial charge in [-0.25, -0.2) is 0 Å². The molecule has 0 saturated carbocycles. The predicted octanol–water partition coefficient (Wildman–Crippen LogP) is 5.70. The van der Waals surface area contributed by atoms with Crippen LogP contribution in [0.2, 0.25) is 5.02 Å². The molecule has 1 saturated heterocycles. The number of anilines is 1. The Morgan fingerprint density at radius 3 is 2.53 bits per heavy atom. The third-order valence-corrected chi connectivity index (χ3v) is 7.56. The Kier molecular flexibility index (Phi) is 6.23. The van der Waals surface area contributed by atoms with Crippen LogP contribution in [0.25, 0.3) is 5.76 Å².